The Hall–Kier alpha value is -2.50. The van der Waals surface area contributed by atoms with Crippen molar-refractivity contribution in [2.45, 2.75) is 0 Å². The number of ether oxygens (including phenoxy) is 1. The number of amides is 2. The second-order valence-electron chi connectivity index (χ2n) is 3.20. The number of benzene rings is 1. The maximum Gasteiger partial charge on any atom is 0.305 e. The normalized spacial score (nSPS) is 9.94. The summed E-state index contributed by atoms with van der Waals surface area (Å²) in [7, 11) is 1.54. The molecule has 2 rings (SSSR count). The summed E-state index contributed by atoms with van der Waals surface area (Å²) in [4.78, 5) is 21.5. The molecular weight excluding hydrogens is 224 g/mol. The smallest absolute Gasteiger partial charge is 0.305 e. The zero-order valence-electron chi connectivity index (χ0n) is 9.02. The van der Waals surface area contributed by atoms with Crippen LogP contribution >= 0.6 is 0 Å². The molecule has 0 saturated carbocycles. The largest absolute Gasteiger partial charge is 0.496 e. The van der Waals surface area contributed by atoms with Crippen LogP contribution in [0, 0.1) is 0 Å². The zero-order chi connectivity index (χ0) is 12.3. The van der Waals surface area contributed by atoms with Gasteiger partial charge in [-0.05, 0) is 12.1 Å². The van der Waals surface area contributed by atoms with E-state index in [0.717, 1.165) is 0 Å². The minimum Gasteiger partial charge on any atom is -0.496 e. The number of rotatable bonds is 4. The third kappa shape index (κ3) is 2.05. The minimum atomic E-state index is -0.532. The van der Waals surface area contributed by atoms with Gasteiger partial charge in [-0.25, -0.2) is 0 Å². The fraction of sp³-hybridized carbons (Fsp3) is 0.0909. The van der Waals surface area contributed by atoms with Gasteiger partial charge in [0.25, 0.3) is 0 Å². The average Bonchev–Trinajstić information content (AvgIpc) is 2.79. The number of carbonyl (C=O) groups is 2. The molecule has 0 aliphatic heterocycles. The second-order valence-corrected chi connectivity index (χ2v) is 3.20. The Morgan fingerprint density at radius 2 is 2.29 bits per heavy atom. The molecule has 6 nitrogen and oxygen atoms in total. The van der Waals surface area contributed by atoms with Crippen molar-refractivity contribution in [1.29, 1.82) is 0 Å². The highest BCUT2D eigenvalue weighted by atomic mass is 16.5. The van der Waals surface area contributed by atoms with Gasteiger partial charge in [0.1, 0.15) is 11.3 Å². The summed E-state index contributed by atoms with van der Waals surface area (Å²) in [6, 6.07) is 6.80. The van der Waals surface area contributed by atoms with Crippen LogP contribution in [0.15, 0.2) is 28.7 Å². The summed E-state index contributed by atoms with van der Waals surface area (Å²) in [6.45, 7) is 0. The van der Waals surface area contributed by atoms with Crippen molar-refractivity contribution in [3.8, 4) is 5.75 Å². The Morgan fingerprint density at radius 1 is 1.47 bits per heavy atom. The van der Waals surface area contributed by atoms with Crippen LogP contribution in [0.1, 0.15) is 10.6 Å². The van der Waals surface area contributed by atoms with Gasteiger partial charge in [-0.15, -0.1) is 0 Å². The van der Waals surface area contributed by atoms with E-state index in [1.54, 1.807) is 24.3 Å². The summed E-state index contributed by atoms with van der Waals surface area (Å²) in [5.74, 6) is 0.183. The van der Waals surface area contributed by atoms with Crippen molar-refractivity contribution in [2.75, 3.05) is 7.11 Å². The number of furan rings is 1. The van der Waals surface area contributed by atoms with E-state index in [1.807, 2.05) is 5.43 Å². The molecule has 1 heterocycles. The molecule has 0 atom stereocenters. The number of methoxy groups -OCH3 is 1. The molecule has 17 heavy (non-hydrogen) atoms. The number of fused-ring (bicyclic) bond motifs is 1. The molecule has 2 aromatic rings. The molecular formula is C11H10N2O4. The highest BCUT2D eigenvalue weighted by Gasteiger charge is 2.13. The first-order chi connectivity index (χ1) is 8.26. The maximum absolute atomic E-state index is 11.5. The van der Waals surface area contributed by atoms with E-state index in [4.69, 9.17) is 9.15 Å². The first kappa shape index (κ1) is 11.0. The number of hydrogen-bond acceptors (Lipinski definition) is 4. The molecule has 0 aliphatic carbocycles. The van der Waals surface area contributed by atoms with Crippen LogP contribution in [0.5, 0.6) is 5.75 Å². The van der Waals surface area contributed by atoms with E-state index in [2.05, 4.69) is 5.43 Å². The molecule has 0 spiro atoms. The summed E-state index contributed by atoms with van der Waals surface area (Å²) in [5.41, 5.74) is 4.75. The Balaban J connectivity index is 2.37. The number of carbonyl (C=O) groups excluding carboxylic acids is 2. The van der Waals surface area contributed by atoms with Crippen molar-refractivity contribution >= 4 is 23.3 Å². The van der Waals surface area contributed by atoms with Gasteiger partial charge in [-0.2, -0.15) is 0 Å². The van der Waals surface area contributed by atoms with E-state index >= 15 is 0 Å². The molecule has 2 N–H and O–H groups in total. The predicted octanol–water partition coefficient (Wildman–Crippen LogP) is 0.832. The molecule has 88 valence electrons. The van der Waals surface area contributed by atoms with E-state index < -0.39 is 5.91 Å². The fourth-order valence-corrected chi connectivity index (χ4v) is 1.48. The molecule has 0 radical (unpaired) electrons. The van der Waals surface area contributed by atoms with Crippen molar-refractivity contribution in [2.24, 2.45) is 0 Å². The maximum atomic E-state index is 11.5. The van der Waals surface area contributed by atoms with Gasteiger partial charge in [0, 0.05) is 6.07 Å². The topological polar surface area (TPSA) is 80.6 Å². The van der Waals surface area contributed by atoms with Crippen molar-refractivity contribution in [3.63, 3.8) is 0 Å². The predicted molar refractivity (Wildman–Crippen MR) is 59.4 cm³/mol. The van der Waals surface area contributed by atoms with E-state index in [9.17, 15) is 9.59 Å². The fourth-order valence-electron chi connectivity index (χ4n) is 1.48. The van der Waals surface area contributed by atoms with E-state index in [-0.39, 0.29) is 5.76 Å². The molecule has 2 amide bonds. The second kappa shape index (κ2) is 4.56. The quantitative estimate of drug-likeness (QED) is 0.606. The van der Waals surface area contributed by atoms with Crippen LogP contribution < -0.4 is 15.6 Å². The van der Waals surface area contributed by atoms with Gasteiger partial charge in [-0.1, -0.05) is 6.07 Å². The average molecular weight is 234 g/mol. The lowest BCUT2D eigenvalue weighted by atomic mass is 10.2. The molecule has 0 aliphatic rings. The summed E-state index contributed by atoms with van der Waals surface area (Å²) < 4.78 is 10.5. The van der Waals surface area contributed by atoms with Crippen molar-refractivity contribution < 1.29 is 18.7 Å². The SMILES string of the molecule is COc1cccc2oc(C(=O)NNC=O)cc12. The Kier molecular flexibility index (Phi) is 2.95. The lowest BCUT2D eigenvalue weighted by Crippen LogP contribution is -2.35. The minimum absolute atomic E-state index is 0.0962. The van der Waals surface area contributed by atoms with Crippen LogP contribution in [-0.2, 0) is 4.79 Å². The lowest BCUT2D eigenvalue weighted by Gasteiger charge is -1.98. The first-order valence-corrected chi connectivity index (χ1v) is 4.82. The molecule has 0 saturated heterocycles. The number of nitrogens with one attached hydrogen (secondary N) is 2. The van der Waals surface area contributed by atoms with Crippen LogP contribution in [0.4, 0.5) is 0 Å². The monoisotopic (exact) mass is 234 g/mol. The summed E-state index contributed by atoms with van der Waals surface area (Å²) in [6.07, 6.45) is 0.362. The number of hydrogen-bond donors (Lipinski definition) is 2. The molecule has 0 fully saturated rings. The van der Waals surface area contributed by atoms with Crippen molar-refractivity contribution in [1.82, 2.24) is 10.9 Å². The third-order valence-electron chi connectivity index (χ3n) is 2.21. The van der Waals surface area contributed by atoms with Crippen LogP contribution in [0.25, 0.3) is 11.0 Å². The summed E-state index contributed by atoms with van der Waals surface area (Å²) in [5, 5.41) is 0.700. The van der Waals surface area contributed by atoms with Gasteiger partial charge in [0.05, 0.1) is 12.5 Å². The Bertz CT molecular complexity index is 562. The lowest BCUT2D eigenvalue weighted by molar-refractivity contribution is -0.110. The highest BCUT2D eigenvalue weighted by molar-refractivity contribution is 5.97. The highest BCUT2D eigenvalue weighted by Crippen LogP contribution is 2.28. The standard InChI is InChI=1S/C11H10N2O4/c1-16-8-3-2-4-9-7(8)5-10(17-9)11(15)13-12-6-14/h2-6H,1H3,(H,12,14)(H,13,15). The van der Waals surface area contributed by atoms with Crippen molar-refractivity contribution in [3.05, 3.63) is 30.0 Å². The summed E-state index contributed by atoms with van der Waals surface area (Å²) >= 11 is 0. The van der Waals surface area contributed by atoms with Crippen LogP contribution in [-0.4, -0.2) is 19.4 Å². The van der Waals surface area contributed by atoms with Gasteiger partial charge >= 0.3 is 5.91 Å². The Morgan fingerprint density at radius 3 is 3.00 bits per heavy atom. The molecule has 1 aromatic heterocycles. The van der Waals surface area contributed by atoms with Gasteiger partial charge in [0.2, 0.25) is 6.41 Å². The van der Waals surface area contributed by atoms with Crippen LogP contribution in [0.3, 0.4) is 0 Å². The molecule has 6 heteroatoms. The molecule has 0 bridgehead atoms. The zero-order valence-corrected chi connectivity index (χ0v) is 9.02. The third-order valence-corrected chi connectivity index (χ3v) is 2.21. The number of hydrazine groups is 1. The first-order valence-electron chi connectivity index (χ1n) is 4.82. The van der Waals surface area contributed by atoms with Gasteiger partial charge in [0.15, 0.2) is 5.76 Å². The van der Waals surface area contributed by atoms with E-state index in [1.165, 1.54) is 7.11 Å². The van der Waals surface area contributed by atoms with Gasteiger partial charge in [-0.3, -0.25) is 20.4 Å². The van der Waals surface area contributed by atoms with E-state index in [0.29, 0.717) is 23.1 Å². The van der Waals surface area contributed by atoms with Crippen LogP contribution in [0.2, 0.25) is 0 Å². The Labute approximate surface area is 96.5 Å². The molecule has 0 unspecified atom stereocenters. The van der Waals surface area contributed by atoms with Gasteiger partial charge < -0.3 is 9.15 Å². The molecule has 1 aromatic carbocycles.